The number of fused-ring (bicyclic) bond motifs is 1. The fourth-order valence-corrected chi connectivity index (χ4v) is 7.33. The summed E-state index contributed by atoms with van der Waals surface area (Å²) in [6.45, 7) is 6.50. The highest BCUT2D eigenvalue weighted by molar-refractivity contribution is 5.99. The second-order valence-electron chi connectivity index (χ2n) is 11.9. The number of rotatable bonds is 7. The number of carbonyl (C=O) groups excluding carboxylic acids is 3. The summed E-state index contributed by atoms with van der Waals surface area (Å²) >= 11 is 0. The summed E-state index contributed by atoms with van der Waals surface area (Å²) in [6, 6.07) is 4.98. The Morgan fingerprint density at radius 1 is 1.13 bits per heavy atom. The van der Waals surface area contributed by atoms with Crippen molar-refractivity contribution in [3.05, 3.63) is 45.3 Å². The normalized spacial score (nSPS) is 27.4. The SMILES string of the molecule is CC(C)N1CCC(c2ccc(C(N)=O)c([C@@H](C(=O)N3C[C@@H](N=[N+]=[N-])[C@H]4OCC(=O)[C@H]43)C3CCCCC3)c2)CC1. The molecule has 2 N–H and O–H groups in total. The van der Waals surface area contributed by atoms with Crippen LogP contribution in [0.3, 0.4) is 0 Å². The zero-order valence-electron chi connectivity index (χ0n) is 23.0. The first-order valence-corrected chi connectivity index (χ1v) is 14.5. The molecule has 0 spiro atoms. The molecule has 39 heavy (non-hydrogen) atoms. The number of ether oxygens (including phenoxy) is 1. The number of hydrogen-bond acceptors (Lipinski definition) is 6. The molecule has 3 heterocycles. The van der Waals surface area contributed by atoms with Gasteiger partial charge < -0.3 is 20.3 Å². The van der Waals surface area contributed by atoms with Gasteiger partial charge in [-0.05, 0) is 87.2 Å². The topological polar surface area (TPSA) is 142 Å². The van der Waals surface area contributed by atoms with Gasteiger partial charge in [0.05, 0.1) is 18.1 Å². The molecule has 1 aromatic rings. The molecule has 3 aliphatic heterocycles. The summed E-state index contributed by atoms with van der Waals surface area (Å²) in [7, 11) is 0. The second kappa shape index (κ2) is 11.7. The molecule has 3 saturated heterocycles. The van der Waals surface area contributed by atoms with Gasteiger partial charge in [-0.25, -0.2) is 0 Å². The summed E-state index contributed by atoms with van der Waals surface area (Å²) in [5.41, 5.74) is 17.2. The number of nitrogens with zero attached hydrogens (tertiary/aromatic N) is 5. The number of primary amides is 1. The Bertz CT molecular complexity index is 1150. The van der Waals surface area contributed by atoms with Crippen molar-refractivity contribution in [2.45, 2.75) is 94.9 Å². The first kappa shape index (κ1) is 27.6. The van der Waals surface area contributed by atoms with Crippen LogP contribution >= 0.6 is 0 Å². The van der Waals surface area contributed by atoms with Gasteiger partial charge in [-0.1, -0.05) is 36.5 Å². The zero-order valence-corrected chi connectivity index (χ0v) is 23.0. The highest BCUT2D eigenvalue weighted by Gasteiger charge is 2.53. The molecule has 0 radical (unpaired) electrons. The minimum absolute atomic E-state index is 0.0387. The van der Waals surface area contributed by atoms with Gasteiger partial charge in [-0.15, -0.1) is 0 Å². The highest BCUT2D eigenvalue weighted by atomic mass is 16.5. The lowest BCUT2D eigenvalue weighted by molar-refractivity contribution is -0.139. The monoisotopic (exact) mass is 536 g/mol. The molecule has 10 heteroatoms. The molecule has 0 bridgehead atoms. The van der Waals surface area contributed by atoms with Gasteiger partial charge in [0.15, 0.2) is 5.78 Å². The molecule has 0 aromatic heterocycles. The Morgan fingerprint density at radius 3 is 2.49 bits per heavy atom. The van der Waals surface area contributed by atoms with Crippen molar-refractivity contribution in [1.29, 1.82) is 0 Å². The predicted octanol–water partition coefficient (Wildman–Crippen LogP) is 3.89. The Hall–Kier alpha value is -2.94. The van der Waals surface area contributed by atoms with Crippen molar-refractivity contribution in [3.63, 3.8) is 0 Å². The lowest BCUT2D eigenvalue weighted by Gasteiger charge is -2.36. The van der Waals surface area contributed by atoms with E-state index in [0.717, 1.165) is 63.6 Å². The van der Waals surface area contributed by atoms with Crippen LogP contribution in [-0.2, 0) is 14.3 Å². The van der Waals surface area contributed by atoms with E-state index in [2.05, 4.69) is 34.8 Å². The number of piperidine rings is 1. The van der Waals surface area contributed by atoms with Gasteiger partial charge in [-0.3, -0.25) is 14.4 Å². The van der Waals surface area contributed by atoms with Crippen molar-refractivity contribution in [1.82, 2.24) is 9.80 Å². The van der Waals surface area contributed by atoms with Crippen LogP contribution in [0.25, 0.3) is 10.4 Å². The van der Waals surface area contributed by atoms with Gasteiger partial charge in [0.25, 0.3) is 0 Å². The molecular formula is C29H40N6O4. The third-order valence-corrected chi connectivity index (χ3v) is 9.44. The third kappa shape index (κ3) is 5.42. The fourth-order valence-electron chi connectivity index (χ4n) is 7.33. The third-order valence-electron chi connectivity index (χ3n) is 9.44. The Morgan fingerprint density at radius 2 is 1.85 bits per heavy atom. The summed E-state index contributed by atoms with van der Waals surface area (Å²) in [5.74, 6) is -1.13. The maximum atomic E-state index is 14.5. The number of ketones is 1. The molecular weight excluding hydrogens is 496 g/mol. The molecule has 0 unspecified atom stereocenters. The first-order valence-electron chi connectivity index (χ1n) is 14.5. The van der Waals surface area contributed by atoms with Gasteiger partial charge in [0.1, 0.15) is 12.6 Å². The van der Waals surface area contributed by atoms with Gasteiger partial charge in [0.2, 0.25) is 11.8 Å². The average molecular weight is 537 g/mol. The summed E-state index contributed by atoms with van der Waals surface area (Å²) in [6.07, 6.45) is 6.31. The number of amides is 2. The molecule has 210 valence electrons. The highest BCUT2D eigenvalue weighted by Crippen LogP contribution is 2.42. The Kier molecular flexibility index (Phi) is 8.26. The number of likely N-dealkylation sites (tertiary alicyclic amines) is 2. The lowest BCUT2D eigenvalue weighted by Crippen LogP contribution is -2.46. The van der Waals surface area contributed by atoms with Crippen LogP contribution in [0.15, 0.2) is 23.3 Å². The maximum absolute atomic E-state index is 14.5. The fraction of sp³-hybridized carbons (Fsp3) is 0.690. The van der Waals surface area contributed by atoms with Crippen LogP contribution in [0.4, 0.5) is 0 Å². The van der Waals surface area contributed by atoms with Crippen LogP contribution in [0.2, 0.25) is 0 Å². The van der Waals surface area contributed by atoms with E-state index in [1.165, 1.54) is 0 Å². The Balaban J connectivity index is 1.52. The standard InChI is InChI=1S/C29H40N6O4/c1-17(2)34-12-10-18(11-13-34)20-8-9-21(28(30)37)22(14-20)25(19-6-4-3-5-7-19)29(38)35-15-23(32-33-31)27-26(35)24(36)16-39-27/h8-9,14,17-19,23,25-27H,3-7,10-13,15-16H2,1-2H3,(H2,30,37)/t23-,25+,26-,27-/m1/s1. The average Bonchev–Trinajstić information content (AvgIpc) is 3.50. The number of benzene rings is 1. The van der Waals surface area contributed by atoms with E-state index in [1.807, 2.05) is 6.07 Å². The van der Waals surface area contributed by atoms with E-state index < -0.39 is 30.0 Å². The smallest absolute Gasteiger partial charge is 0.249 e. The molecule has 5 rings (SSSR count). The van der Waals surface area contributed by atoms with Crippen LogP contribution in [0, 0.1) is 5.92 Å². The van der Waals surface area contributed by atoms with Gasteiger partial charge in [-0.2, -0.15) is 0 Å². The largest absolute Gasteiger partial charge is 0.367 e. The van der Waals surface area contributed by atoms with E-state index in [0.29, 0.717) is 23.1 Å². The molecule has 2 amide bonds. The number of azide groups is 1. The van der Waals surface area contributed by atoms with E-state index in [9.17, 15) is 14.4 Å². The van der Waals surface area contributed by atoms with Crippen molar-refractivity contribution < 1.29 is 19.1 Å². The van der Waals surface area contributed by atoms with Crippen LogP contribution in [0.1, 0.15) is 92.1 Å². The molecule has 1 aliphatic carbocycles. The molecule has 10 nitrogen and oxygen atoms in total. The quantitative estimate of drug-likeness (QED) is 0.320. The zero-order chi connectivity index (χ0) is 27.7. The summed E-state index contributed by atoms with van der Waals surface area (Å²) in [5, 5.41) is 3.85. The lowest BCUT2D eigenvalue weighted by atomic mass is 9.73. The van der Waals surface area contributed by atoms with E-state index in [4.69, 9.17) is 16.0 Å². The van der Waals surface area contributed by atoms with E-state index in [-0.39, 0.29) is 30.8 Å². The first-order chi connectivity index (χ1) is 18.8. The molecule has 4 atom stereocenters. The van der Waals surface area contributed by atoms with Crippen molar-refractivity contribution in [3.8, 4) is 0 Å². The number of hydrogen-bond donors (Lipinski definition) is 1. The summed E-state index contributed by atoms with van der Waals surface area (Å²) < 4.78 is 5.67. The Labute approximate surface area is 229 Å². The van der Waals surface area contributed by atoms with Crippen LogP contribution in [-0.4, -0.2) is 77.9 Å². The van der Waals surface area contributed by atoms with Crippen LogP contribution in [0.5, 0.6) is 0 Å². The predicted molar refractivity (Wildman–Crippen MR) is 146 cm³/mol. The molecule has 1 saturated carbocycles. The van der Waals surface area contributed by atoms with E-state index >= 15 is 0 Å². The minimum Gasteiger partial charge on any atom is -0.367 e. The van der Waals surface area contributed by atoms with Crippen molar-refractivity contribution >= 4 is 17.6 Å². The minimum atomic E-state index is -0.764. The maximum Gasteiger partial charge on any atom is 0.249 e. The van der Waals surface area contributed by atoms with Crippen LogP contribution < -0.4 is 5.73 Å². The van der Waals surface area contributed by atoms with Gasteiger partial charge in [0, 0.05) is 23.1 Å². The number of nitrogens with two attached hydrogens (primary N) is 1. The molecule has 4 fully saturated rings. The number of carbonyl (C=O) groups is 3. The van der Waals surface area contributed by atoms with Crippen molar-refractivity contribution in [2.24, 2.45) is 16.8 Å². The van der Waals surface area contributed by atoms with Gasteiger partial charge >= 0.3 is 0 Å². The number of Topliss-reactive ketones (excluding diaryl/α,β-unsaturated/α-hetero) is 1. The van der Waals surface area contributed by atoms with E-state index in [1.54, 1.807) is 11.0 Å². The molecule has 4 aliphatic rings. The second-order valence-corrected chi connectivity index (χ2v) is 11.9. The molecule has 1 aromatic carbocycles. The van der Waals surface area contributed by atoms with Crippen molar-refractivity contribution in [2.75, 3.05) is 26.2 Å². The summed E-state index contributed by atoms with van der Waals surface area (Å²) in [4.78, 5) is 47.0.